The van der Waals surface area contributed by atoms with Gasteiger partial charge in [0.25, 0.3) is 0 Å². The van der Waals surface area contributed by atoms with Crippen LogP contribution in [0.25, 0.3) is 0 Å². The minimum absolute atomic E-state index is 0.0599. The number of benzene rings is 1. The molecule has 2 aliphatic rings. The molecule has 8 heteroatoms. The Morgan fingerprint density at radius 3 is 2.31 bits per heavy atom. The van der Waals surface area contributed by atoms with Crippen molar-refractivity contribution in [3.63, 3.8) is 0 Å². The monoisotopic (exact) mass is 516 g/mol. The number of hydrogen-bond acceptors (Lipinski definition) is 5. The Kier molecular flexibility index (Phi) is 8.30. The first-order valence-electron chi connectivity index (χ1n) is 12.9. The van der Waals surface area contributed by atoms with Gasteiger partial charge in [-0.25, -0.2) is 9.59 Å². The third-order valence-corrected chi connectivity index (χ3v) is 12.2. The van der Waals surface area contributed by atoms with Gasteiger partial charge in [-0.1, -0.05) is 63.3 Å². The molecule has 1 aromatic carbocycles. The summed E-state index contributed by atoms with van der Waals surface area (Å²) in [4.78, 5) is 30.1. The van der Waals surface area contributed by atoms with Crippen LogP contribution in [0.2, 0.25) is 18.1 Å². The van der Waals surface area contributed by atoms with E-state index in [0.29, 0.717) is 32.7 Å². The Bertz CT molecular complexity index is 951. The zero-order valence-electron chi connectivity index (χ0n) is 23.3. The van der Waals surface area contributed by atoms with E-state index in [2.05, 4.69) is 39.9 Å². The van der Waals surface area contributed by atoms with Gasteiger partial charge in [-0.3, -0.25) is 4.90 Å². The van der Waals surface area contributed by atoms with Gasteiger partial charge in [0.15, 0.2) is 8.32 Å². The lowest BCUT2D eigenvalue weighted by molar-refractivity contribution is 0.0156. The van der Waals surface area contributed by atoms with Gasteiger partial charge in [0.05, 0.1) is 5.54 Å². The van der Waals surface area contributed by atoms with Crippen molar-refractivity contribution < 1.29 is 23.5 Å². The molecule has 0 radical (unpaired) electrons. The Labute approximate surface area is 217 Å². The minimum atomic E-state index is -2.04. The molecule has 2 atom stereocenters. The lowest BCUT2D eigenvalue weighted by Crippen LogP contribution is -2.60. The molecule has 2 heterocycles. The van der Waals surface area contributed by atoms with Gasteiger partial charge in [-0.15, -0.1) is 0 Å². The highest BCUT2D eigenvalue weighted by Crippen LogP contribution is 2.42. The van der Waals surface area contributed by atoms with Crippen LogP contribution < -0.4 is 0 Å². The van der Waals surface area contributed by atoms with E-state index in [9.17, 15) is 9.59 Å². The molecule has 1 aromatic rings. The molecule has 200 valence electrons. The van der Waals surface area contributed by atoms with E-state index in [4.69, 9.17) is 13.9 Å². The van der Waals surface area contributed by atoms with Crippen molar-refractivity contribution in [2.75, 3.05) is 26.2 Å². The van der Waals surface area contributed by atoms with E-state index < -0.39 is 19.5 Å². The van der Waals surface area contributed by atoms with Crippen LogP contribution in [0.5, 0.6) is 0 Å². The van der Waals surface area contributed by atoms with Crippen LogP contribution in [-0.4, -0.2) is 67.7 Å². The van der Waals surface area contributed by atoms with Crippen LogP contribution in [0.4, 0.5) is 9.59 Å². The van der Waals surface area contributed by atoms with Crippen LogP contribution in [0.15, 0.2) is 42.5 Å². The molecule has 3 rings (SSSR count). The second-order valence-electron chi connectivity index (χ2n) is 12.6. The maximum absolute atomic E-state index is 13.4. The van der Waals surface area contributed by atoms with Crippen molar-refractivity contribution in [2.24, 2.45) is 5.92 Å². The summed E-state index contributed by atoms with van der Waals surface area (Å²) in [5, 5.41) is 0.0599. The largest absolute Gasteiger partial charge is 0.445 e. The number of carbonyl (C=O) groups is 2. The highest BCUT2D eigenvalue weighted by atomic mass is 28.4. The van der Waals surface area contributed by atoms with Crippen LogP contribution in [0.3, 0.4) is 0 Å². The third-order valence-electron chi connectivity index (χ3n) is 7.66. The lowest BCUT2D eigenvalue weighted by atomic mass is 9.81. The Morgan fingerprint density at radius 2 is 1.69 bits per heavy atom. The van der Waals surface area contributed by atoms with E-state index in [1.807, 2.05) is 57.2 Å². The molecule has 2 aliphatic heterocycles. The number of carbonyl (C=O) groups excluding carboxylic acids is 2. The van der Waals surface area contributed by atoms with Gasteiger partial charge in [0, 0.05) is 32.2 Å². The summed E-state index contributed by atoms with van der Waals surface area (Å²) in [7, 11) is -2.04. The van der Waals surface area contributed by atoms with Crippen LogP contribution in [0.1, 0.15) is 53.5 Å². The smallest absolute Gasteiger partial charge is 0.410 e. The van der Waals surface area contributed by atoms with Crippen molar-refractivity contribution >= 4 is 20.5 Å². The van der Waals surface area contributed by atoms with Crippen LogP contribution in [0, 0.1) is 5.92 Å². The molecular weight excluding hydrogens is 472 g/mol. The first kappa shape index (κ1) is 28.3. The van der Waals surface area contributed by atoms with E-state index in [1.54, 1.807) is 9.80 Å². The van der Waals surface area contributed by atoms with E-state index in [1.165, 1.54) is 0 Å². The molecule has 1 spiro atoms. The Hall–Kier alpha value is -2.32. The Morgan fingerprint density at radius 1 is 1.03 bits per heavy atom. The van der Waals surface area contributed by atoms with Gasteiger partial charge >= 0.3 is 12.2 Å². The fraction of sp³-hybridized carbons (Fsp3) is 0.643. The SMILES string of the molecule is CC(C)(C)OC(=O)N1C[C@H](CO[Si](C)(C)C(C)(C)C)[C@@]2(CC=CCN2C(=O)OCc2ccccc2)C1. The Balaban J connectivity index is 1.86. The first-order valence-corrected chi connectivity index (χ1v) is 15.8. The van der Waals surface area contributed by atoms with Crippen LogP contribution in [-0.2, 0) is 20.5 Å². The normalized spacial score (nSPS) is 22.7. The number of ether oxygens (including phenoxy) is 2. The zero-order valence-corrected chi connectivity index (χ0v) is 24.3. The fourth-order valence-electron chi connectivity index (χ4n) is 4.51. The van der Waals surface area contributed by atoms with Gasteiger partial charge in [0.2, 0.25) is 0 Å². The lowest BCUT2D eigenvalue weighted by Gasteiger charge is -2.46. The number of nitrogens with zero attached hydrogens (tertiary/aromatic N) is 2. The number of amides is 2. The zero-order chi connectivity index (χ0) is 26.8. The minimum Gasteiger partial charge on any atom is -0.445 e. The molecule has 2 amide bonds. The molecule has 0 N–H and O–H groups in total. The maximum Gasteiger partial charge on any atom is 0.410 e. The average molecular weight is 517 g/mol. The van der Waals surface area contributed by atoms with Crippen molar-refractivity contribution in [2.45, 2.75) is 83.8 Å². The maximum atomic E-state index is 13.4. The van der Waals surface area contributed by atoms with Crippen molar-refractivity contribution in [3.8, 4) is 0 Å². The predicted molar refractivity (Wildman–Crippen MR) is 144 cm³/mol. The van der Waals surface area contributed by atoms with E-state index in [-0.39, 0.29) is 29.7 Å². The van der Waals surface area contributed by atoms with Gasteiger partial charge in [-0.2, -0.15) is 0 Å². The topological polar surface area (TPSA) is 68.3 Å². The summed E-state index contributed by atoms with van der Waals surface area (Å²) in [6.45, 7) is 18.7. The third kappa shape index (κ3) is 6.51. The first-order chi connectivity index (χ1) is 16.6. The van der Waals surface area contributed by atoms with Gasteiger partial charge < -0.3 is 18.8 Å². The molecular formula is C28H44N2O5Si. The molecule has 1 saturated heterocycles. The molecule has 0 aliphatic carbocycles. The summed E-state index contributed by atoms with van der Waals surface area (Å²) in [5.41, 5.74) is -0.269. The van der Waals surface area contributed by atoms with Gasteiger partial charge in [0.1, 0.15) is 12.2 Å². The summed E-state index contributed by atoms with van der Waals surface area (Å²) < 4.78 is 18.1. The fourth-order valence-corrected chi connectivity index (χ4v) is 5.56. The quantitative estimate of drug-likeness (QED) is 0.344. The van der Waals surface area contributed by atoms with Crippen molar-refractivity contribution in [1.29, 1.82) is 0 Å². The number of likely N-dealkylation sites (tertiary alicyclic amines) is 1. The molecule has 0 unspecified atom stereocenters. The summed E-state index contributed by atoms with van der Waals surface area (Å²) in [6, 6.07) is 9.67. The predicted octanol–water partition coefficient (Wildman–Crippen LogP) is 6.21. The molecule has 1 fully saturated rings. The molecule has 0 bridgehead atoms. The van der Waals surface area contributed by atoms with E-state index >= 15 is 0 Å². The van der Waals surface area contributed by atoms with E-state index in [0.717, 1.165) is 5.56 Å². The summed E-state index contributed by atoms with van der Waals surface area (Å²) in [6.07, 6.45) is 4.02. The summed E-state index contributed by atoms with van der Waals surface area (Å²) in [5.74, 6) is -0.0617. The molecule has 0 saturated carbocycles. The van der Waals surface area contributed by atoms with Crippen molar-refractivity contribution in [3.05, 3.63) is 48.0 Å². The van der Waals surface area contributed by atoms with Crippen LogP contribution >= 0.6 is 0 Å². The number of hydrogen-bond donors (Lipinski definition) is 0. The van der Waals surface area contributed by atoms with Crippen molar-refractivity contribution in [1.82, 2.24) is 9.80 Å². The summed E-state index contributed by atoms with van der Waals surface area (Å²) >= 11 is 0. The second kappa shape index (κ2) is 10.6. The number of rotatable bonds is 5. The molecule has 0 aromatic heterocycles. The second-order valence-corrected chi connectivity index (χ2v) is 17.4. The standard InChI is InChI=1S/C28H44N2O5Si/c1-26(2,3)35-24(31)29-18-23(20-34-36(7,8)27(4,5)6)28(21-29)16-12-13-17-30(28)25(32)33-19-22-14-10-9-11-15-22/h9-15,23H,16-21H2,1-8H3/t23-,28-/m1/s1. The average Bonchev–Trinajstić information content (AvgIpc) is 3.14. The highest BCUT2D eigenvalue weighted by molar-refractivity contribution is 6.74. The molecule has 7 nitrogen and oxygen atoms in total. The highest BCUT2D eigenvalue weighted by Gasteiger charge is 2.55. The molecule has 36 heavy (non-hydrogen) atoms. The van der Waals surface area contributed by atoms with Gasteiger partial charge in [-0.05, 0) is 50.9 Å².